The number of hydrogen-bond acceptors (Lipinski definition) is 1. The molecule has 0 fully saturated rings. The summed E-state index contributed by atoms with van der Waals surface area (Å²) in [6, 6.07) is 3.05. The third-order valence-electron chi connectivity index (χ3n) is 2.67. The Kier molecular flexibility index (Phi) is 2.66. The maximum Gasteiger partial charge on any atom is 0.263 e. The first kappa shape index (κ1) is 11.0. The molecule has 1 aromatic carbocycles. The molecule has 4 heteroatoms. The van der Waals surface area contributed by atoms with Crippen LogP contribution in [0.15, 0.2) is 18.3 Å². The summed E-state index contributed by atoms with van der Waals surface area (Å²) in [5.41, 5.74) is 1.62. The molecule has 2 nitrogen and oxygen atoms in total. The van der Waals surface area contributed by atoms with E-state index in [0.717, 1.165) is 10.9 Å². The van der Waals surface area contributed by atoms with Gasteiger partial charge in [0, 0.05) is 24.2 Å². The molecule has 0 N–H and O–H groups in total. The summed E-state index contributed by atoms with van der Waals surface area (Å²) in [7, 11) is 1.80. The molecular weight excluding hydrogens is 210 g/mol. The Bertz CT molecular complexity index is 515. The molecule has 0 unspecified atom stereocenters. The molecule has 0 saturated heterocycles. The second-order valence-corrected chi connectivity index (χ2v) is 4.30. The number of fused-ring (bicyclic) bond motifs is 1. The van der Waals surface area contributed by atoms with Crippen LogP contribution >= 0.6 is 0 Å². The number of aromatic nitrogens is 2. The van der Waals surface area contributed by atoms with Crippen molar-refractivity contribution in [3.63, 3.8) is 0 Å². The molecule has 0 atom stereocenters. The van der Waals surface area contributed by atoms with Gasteiger partial charge in [0.05, 0.1) is 5.52 Å². The Hall–Kier alpha value is -1.45. The van der Waals surface area contributed by atoms with Gasteiger partial charge in [-0.05, 0) is 23.6 Å². The maximum absolute atomic E-state index is 12.7. The summed E-state index contributed by atoms with van der Waals surface area (Å²) in [5, 5.41) is 5.14. The molecule has 0 saturated carbocycles. The fourth-order valence-corrected chi connectivity index (χ4v) is 1.90. The lowest BCUT2D eigenvalue weighted by molar-refractivity contribution is 0.151. The minimum atomic E-state index is -2.44. The highest BCUT2D eigenvalue weighted by Gasteiger charge is 2.14. The van der Waals surface area contributed by atoms with Crippen molar-refractivity contribution in [2.75, 3.05) is 0 Å². The zero-order valence-corrected chi connectivity index (χ0v) is 9.54. The highest BCUT2D eigenvalue weighted by atomic mass is 19.3. The Morgan fingerprint density at radius 3 is 2.50 bits per heavy atom. The molecule has 0 amide bonds. The van der Waals surface area contributed by atoms with E-state index in [4.69, 9.17) is 0 Å². The van der Waals surface area contributed by atoms with Crippen LogP contribution in [-0.4, -0.2) is 9.78 Å². The van der Waals surface area contributed by atoms with E-state index >= 15 is 0 Å². The summed E-state index contributed by atoms with van der Waals surface area (Å²) in [5.74, 6) is 0.213. The molecule has 1 heterocycles. The van der Waals surface area contributed by atoms with Crippen molar-refractivity contribution in [1.82, 2.24) is 9.78 Å². The standard InChI is InChI=1S/C12H14F2N2/c1-7(2)9-4-8(12(13)14)5-11-10(9)6-16(3)15-11/h4-7,12H,1-3H3. The molecule has 16 heavy (non-hydrogen) atoms. The quantitative estimate of drug-likeness (QED) is 0.761. The molecule has 0 aliphatic heterocycles. The van der Waals surface area contributed by atoms with E-state index in [9.17, 15) is 8.78 Å². The van der Waals surface area contributed by atoms with Gasteiger partial charge in [-0.1, -0.05) is 13.8 Å². The monoisotopic (exact) mass is 224 g/mol. The first-order valence-electron chi connectivity index (χ1n) is 5.24. The van der Waals surface area contributed by atoms with Crippen molar-refractivity contribution in [3.05, 3.63) is 29.5 Å². The van der Waals surface area contributed by atoms with Gasteiger partial charge in [0.25, 0.3) is 6.43 Å². The Balaban J connectivity index is 2.73. The zero-order chi connectivity index (χ0) is 11.9. The van der Waals surface area contributed by atoms with Crippen molar-refractivity contribution in [2.45, 2.75) is 26.2 Å². The summed E-state index contributed by atoms with van der Waals surface area (Å²) >= 11 is 0. The number of halogens is 2. The summed E-state index contributed by atoms with van der Waals surface area (Å²) in [6.07, 6.45) is -0.566. The average Bonchev–Trinajstić information content (AvgIpc) is 2.55. The first-order valence-corrected chi connectivity index (χ1v) is 5.24. The number of hydrogen-bond donors (Lipinski definition) is 0. The minimum Gasteiger partial charge on any atom is -0.275 e. The zero-order valence-electron chi connectivity index (χ0n) is 9.54. The van der Waals surface area contributed by atoms with E-state index in [-0.39, 0.29) is 11.5 Å². The van der Waals surface area contributed by atoms with Crippen LogP contribution in [-0.2, 0) is 7.05 Å². The normalized spacial score (nSPS) is 11.9. The van der Waals surface area contributed by atoms with Crippen LogP contribution in [0.1, 0.15) is 37.3 Å². The second kappa shape index (κ2) is 3.85. The molecular formula is C12H14F2N2. The largest absolute Gasteiger partial charge is 0.275 e. The number of alkyl halides is 2. The second-order valence-electron chi connectivity index (χ2n) is 4.30. The Morgan fingerprint density at radius 1 is 1.25 bits per heavy atom. The topological polar surface area (TPSA) is 17.8 Å². The van der Waals surface area contributed by atoms with E-state index in [1.807, 2.05) is 20.0 Å². The predicted octanol–water partition coefficient (Wildman–Crippen LogP) is 3.63. The van der Waals surface area contributed by atoms with Gasteiger partial charge >= 0.3 is 0 Å². The van der Waals surface area contributed by atoms with Crippen molar-refractivity contribution in [1.29, 1.82) is 0 Å². The first-order chi connectivity index (χ1) is 7.49. The third kappa shape index (κ3) is 1.79. The predicted molar refractivity (Wildman–Crippen MR) is 59.8 cm³/mol. The molecule has 1 aromatic heterocycles. The van der Waals surface area contributed by atoms with Gasteiger partial charge in [0.1, 0.15) is 0 Å². The van der Waals surface area contributed by atoms with Crippen molar-refractivity contribution in [3.8, 4) is 0 Å². The van der Waals surface area contributed by atoms with Crippen LogP contribution in [0.25, 0.3) is 10.9 Å². The number of aryl methyl sites for hydroxylation is 1. The Morgan fingerprint density at radius 2 is 1.94 bits per heavy atom. The van der Waals surface area contributed by atoms with Gasteiger partial charge in [-0.25, -0.2) is 8.78 Å². The van der Waals surface area contributed by atoms with Gasteiger partial charge < -0.3 is 0 Å². The average molecular weight is 224 g/mol. The van der Waals surface area contributed by atoms with Gasteiger partial charge in [0.2, 0.25) is 0 Å². The fourth-order valence-electron chi connectivity index (χ4n) is 1.90. The molecule has 2 aromatic rings. The van der Waals surface area contributed by atoms with E-state index in [1.165, 1.54) is 6.07 Å². The molecule has 0 bridgehead atoms. The van der Waals surface area contributed by atoms with Crippen LogP contribution in [0, 0.1) is 0 Å². The lowest BCUT2D eigenvalue weighted by Crippen LogP contribution is -1.92. The lowest BCUT2D eigenvalue weighted by Gasteiger charge is -2.09. The molecule has 0 aliphatic rings. The molecule has 0 aliphatic carbocycles. The number of rotatable bonds is 2. The summed E-state index contributed by atoms with van der Waals surface area (Å²) in [6.45, 7) is 3.99. The number of nitrogens with zero attached hydrogens (tertiary/aromatic N) is 2. The highest BCUT2D eigenvalue weighted by molar-refractivity contribution is 5.83. The maximum atomic E-state index is 12.7. The van der Waals surface area contributed by atoms with Gasteiger partial charge in [-0.2, -0.15) is 5.10 Å². The molecule has 2 rings (SSSR count). The van der Waals surface area contributed by atoms with Crippen molar-refractivity contribution < 1.29 is 8.78 Å². The third-order valence-corrected chi connectivity index (χ3v) is 2.67. The van der Waals surface area contributed by atoms with Crippen LogP contribution in [0.5, 0.6) is 0 Å². The van der Waals surface area contributed by atoms with Crippen molar-refractivity contribution in [2.24, 2.45) is 7.05 Å². The van der Waals surface area contributed by atoms with Gasteiger partial charge in [0.15, 0.2) is 0 Å². The van der Waals surface area contributed by atoms with E-state index < -0.39 is 6.43 Å². The van der Waals surface area contributed by atoms with Gasteiger partial charge in [-0.15, -0.1) is 0 Å². The van der Waals surface area contributed by atoms with Crippen molar-refractivity contribution >= 4 is 10.9 Å². The summed E-state index contributed by atoms with van der Waals surface area (Å²) in [4.78, 5) is 0. The minimum absolute atomic E-state index is 0.0508. The smallest absolute Gasteiger partial charge is 0.263 e. The van der Waals surface area contributed by atoms with E-state index in [2.05, 4.69) is 5.10 Å². The summed E-state index contributed by atoms with van der Waals surface area (Å²) < 4.78 is 27.1. The molecule has 0 radical (unpaired) electrons. The SMILES string of the molecule is CC(C)c1cc(C(F)F)cc2nn(C)cc12. The highest BCUT2D eigenvalue weighted by Crippen LogP contribution is 2.30. The number of benzene rings is 1. The molecule has 0 spiro atoms. The van der Waals surface area contributed by atoms with Gasteiger partial charge in [-0.3, -0.25) is 4.68 Å². The van der Waals surface area contributed by atoms with E-state index in [1.54, 1.807) is 17.8 Å². The van der Waals surface area contributed by atoms with Crippen LogP contribution in [0.2, 0.25) is 0 Å². The van der Waals surface area contributed by atoms with Crippen LogP contribution in [0.4, 0.5) is 8.78 Å². The molecule has 86 valence electrons. The fraction of sp³-hybridized carbons (Fsp3) is 0.417. The van der Waals surface area contributed by atoms with E-state index in [0.29, 0.717) is 5.52 Å². The van der Waals surface area contributed by atoms with Crippen LogP contribution < -0.4 is 0 Å². The lowest BCUT2D eigenvalue weighted by atomic mass is 9.97. The Labute approximate surface area is 92.9 Å². The van der Waals surface area contributed by atoms with Crippen LogP contribution in [0.3, 0.4) is 0 Å².